The summed E-state index contributed by atoms with van der Waals surface area (Å²) >= 11 is 0. The van der Waals surface area contributed by atoms with Crippen LogP contribution in [0, 0.1) is 13.8 Å². The fourth-order valence-electron chi connectivity index (χ4n) is 2.62. The van der Waals surface area contributed by atoms with E-state index in [-0.39, 0.29) is 29.3 Å². The molecule has 0 atom stereocenters. The summed E-state index contributed by atoms with van der Waals surface area (Å²) < 4.78 is 0. The number of hydrogen-bond acceptors (Lipinski definition) is 2. The van der Waals surface area contributed by atoms with Crippen LogP contribution in [0.3, 0.4) is 0 Å². The molecule has 4 heteroatoms. The summed E-state index contributed by atoms with van der Waals surface area (Å²) in [5.41, 5.74) is 3.32. The number of carboxylic acids is 1. The zero-order valence-electron chi connectivity index (χ0n) is 15.8. The van der Waals surface area contributed by atoms with Crippen molar-refractivity contribution in [1.29, 1.82) is 0 Å². The van der Waals surface area contributed by atoms with Gasteiger partial charge >= 0.3 is 5.97 Å². The van der Waals surface area contributed by atoms with E-state index in [0.717, 1.165) is 49.7 Å². The minimum Gasteiger partial charge on any atom is -0.745 e. The number of Topliss-reactive ketones (excluding diaryl/α,β-unsaturated/α-hetero) is 1. The molecule has 0 aliphatic carbocycles. The normalized spacial score (nSPS) is 9.77. The molecule has 0 heterocycles. The van der Waals surface area contributed by atoms with Crippen molar-refractivity contribution < 1.29 is 31.8 Å². The van der Waals surface area contributed by atoms with E-state index in [1.165, 1.54) is 5.56 Å². The topological polar surface area (TPSA) is 54.4 Å². The van der Waals surface area contributed by atoms with Gasteiger partial charge in [0.1, 0.15) is 0 Å². The summed E-state index contributed by atoms with van der Waals surface area (Å²) in [6, 6.07) is 14.0. The second-order valence-electron chi connectivity index (χ2n) is 6.58. The van der Waals surface area contributed by atoms with Crippen LogP contribution >= 0.6 is 0 Å². The molecule has 0 amide bonds. The van der Waals surface area contributed by atoms with E-state index in [9.17, 15) is 9.59 Å². The van der Waals surface area contributed by atoms with Gasteiger partial charge in [0, 0.05) is 23.5 Å². The average molecular weight is 398 g/mol. The minimum absolute atomic E-state index is 0. The zero-order chi connectivity index (χ0) is 18.5. The first-order valence-corrected chi connectivity index (χ1v) is 9.15. The number of unbranched alkanes of at least 4 members (excludes halogenated alkanes) is 5. The molecular weight excluding hydrogens is 368 g/mol. The predicted octanol–water partition coefficient (Wildman–Crippen LogP) is 5.81. The molecule has 2 rings (SSSR count). The molecule has 2 aromatic carbocycles. The molecule has 0 radical (unpaired) electrons. The van der Waals surface area contributed by atoms with Crippen LogP contribution in [0.15, 0.2) is 42.5 Å². The quantitative estimate of drug-likeness (QED) is 0.238. The van der Waals surface area contributed by atoms with Gasteiger partial charge in [-0.2, -0.15) is 17.7 Å². The Labute approximate surface area is 168 Å². The van der Waals surface area contributed by atoms with E-state index in [2.05, 4.69) is 19.1 Å². The largest absolute Gasteiger partial charge is 0.745 e. The summed E-state index contributed by atoms with van der Waals surface area (Å²) in [7, 11) is 0. The minimum atomic E-state index is -0.712. The Morgan fingerprint density at radius 1 is 0.885 bits per heavy atom. The molecular formula is C22H30FeO3-6. The van der Waals surface area contributed by atoms with E-state index in [1.54, 1.807) is 0 Å². The number of carbonyl (C=O) groups is 2. The van der Waals surface area contributed by atoms with Crippen molar-refractivity contribution in [2.75, 3.05) is 0 Å². The van der Waals surface area contributed by atoms with E-state index >= 15 is 0 Å². The van der Waals surface area contributed by atoms with Gasteiger partial charge in [-0.25, -0.2) is 19.1 Å². The van der Waals surface area contributed by atoms with Crippen molar-refractivity contribution in [2.45, 2.75) is 65.2 Å². The van der Waals surface area contributed by atoms with Crippen LogP contribution in [0.1, 0.15) is 72.9 Å². The van der Waals surface area contributed by atoms with Crippen LogP contribution in [-0.4, -0.2) is 16.9 Å². The SMILES string of the molecule is C[c-]1[cH-][cH-][c-](C(=O)CCCCCCCCC(=O)O)[cH-]1.C[c-]1cccc1.[Fe]. The summed E-state index contributed by atoms with van der Waals surface area (Å²) in [4.78, 5) is 22.1. The van der Waals surface area contributed by atoms with Crippen molar-refractivity contribution >= 4 is 11.8 Å². The third-order valence-corrected chi connectivity index (χ3v) is 4.10. The molecule has 0 unspecified atom stereocenters. The van der Waals surface area contributed by atoms with Gasteiger partial charge in [0.25, 0.3) is 0 Å². The van der Waals surface area contributed by atoms with Crippen LogP contribution in [-0.2, 0) is 21.9 Å². The smallest absolute Gasteiger partial charge is 0.303 e. The van der Waals surface area contributed by atoms with Crippen LogP contribution in [0.25, 0.3) is 0 Å². The van der Waals surface area contributed by atoms with Crippen LogP contribution in [0.5, 0.6) is 0 Å². The number of ketones is 1. The molecule has 3 nitrogen and oxygen atoms in total. The van der Waals surface area contributed by atoms with Crippen molar-refractivity contribution in [2.24, 2.45) is 0 Å². The van der Waals surface area contributed by atoms with E-state index < -0.39 is 5.97 Å². The van der Waals surface area contributed by atoms with E-state index in [0.29, 0.717) is 6.42 Å². The van der Waals surface area contributed by atoms with Crippen molar-refractivity contribution in [3.8, 4) is 0 Å². The second-order valence-corrected chi connectivity index (χ2v) is 6.58. The summed E-state index contributed by atoms with van der Waals surface area (Å²) in [6.45, 7) is 4.08. The summed E-state index contributed by atoms with van der Waals surface area (Å²) in [5, 5.41) is 8.49. The van der Waals surface area contributed by atoms with Gasteiger partial charge in [0.2, 0.25) is 0 Å². The maximum Gasteiger partial charge on any atom is 0.303 e. The third kappa shape index (κ3) is 11.8. The second kappa shape index (κ2) is 14.5. The first-order valence-electron chi connectivity index (χ1n) is 9.15. The van der Waals surface area contributed by atoms with Crippen molar-refractivity contribution in [3.63, 3.8) is 0 Å². The Balaban J connectivity index is 0.000000754. The molecule has 0 aromatic heterocycles. The number of carbonyl (C=O) groups excluding carboxylic acids is 1. The van der Waals surface area contributed by atoms with Crippen LogP contribution < -0.4 is 0 Å². The molecule has 1 N–H and O–H groups in total. The van der Waals surface area contributed by atoms with E-state index in [4.69, 9.17) is 5.11 Å². The molecule has 0 aliphatic heterocycles. The first kappa shape index (κ1) is 24.4. The Kier molecular flexibility index (Phi) is 13.6. The predicted molar refractivity (Wildman–Crippen MR) is 102 cm³/mol. The van der Waals surface area contributed by atoms with Crippen molar-refractivity contribution in [1.82, 2.24) is 0 Å². The standard InChI is InChI=1S/C16H23O3.C6H7.Fe/c1-13-10-11-14(12-13)15(17)8-6-4-2-3-5-7-9-16(18)19;1-6-4-2-3-5-6;/h10-12H,2-9H2,1H3,(H,18,19);2-5H,1H3;/q-5;-1;. The Morgan fingerprint density at radius 3 is 1.85 bits per heavy atom. The molecule has 0 saturated heterocycles. The molecule has 0 bridgehead atoms. The number of aryl methyl sites for hydroxylation is 2. The Morgan fingerprint density at radius 2 is 1.42 bits per heavy atom. The summed E-state index contributed by atoms with van der Waals surface area (Å²) in [6.07, 6.45) is 6.78. The van der Waals surface area contributed by atoms with Gasteiger partial charge in [-0.1, -0.05) is 38.4 Å². The zero-order valence-corrected chi connectivity index (χ0v) is 16.9. The van der Waals surface area contributed by atoms with Gasteiger partial charge in [0.05, 0.1) is 0 Å². The number of aliphatic carboxylic acids is 1. The third-order valence-electron chi connectivity index (χ3n) is 4.10. The monoisotopic (exact) mass is 398 g/mol. The first-order chi connectivity index (χ1) is 12.0. The van der Waals surface area contributed by atoms with Crippen molar-refractivity contribution in [3.05, 3.63) is 59.2 Å². The number of hydrogen-bond donors (Lipinski definition) is 1. The summed E-state index contributed by atoms with van der Waals surface area (Å²) in [5.74, 6) is -0.477. The average Bonchev–Trinajstić information content (AvgIpc) is 3.21. The Bertz CT molecular complexity index is 611. The van der Waals surface area contributed by atoms with Crippen LogP contribution in [0.4, 0.5) is 0 Å². The molecule has 0 aliphatic rings. The fraction of sp³-hybridized carbons (Fsp3) is 0.455. The molecule has 0 spiro atoms. The van der Waals surface area contributed by atoms with Gasteiger partial charge in [-0.05, 0) is 19.3 Å². The van der Waals surface area contributed by atoms with Gasteiger partial charge in [0.15, 0.2) is 0 Å². The Hall–Kier alpha value is -1.64. The van der Waals surface area contributed by atoms with Crippen LogP contribution in [0.2, 0.25) is 0 Å². The molecule has 150 valence electrons. The number of rotatable bonds is 10. The molecule has 26 heavy (non-hydrogen) atoms. The maximum absolute atomic E-state index is 11.8. The maximum atomic E-state index is 11.8. The van der Waals surface area contributed by atoms with Gasteiger partial charge < -0.3 is 39.2 Å². The van der Waals surface area contributed by atoms with E-state index in [1.807, 2.05) is 37.3 Å². The molecule has 2 aromatic rings. The van der Waals surface area contributed by atoms with Gasteiger partial charge in [-0.15, -0.1) is 0 Å². The fourth-order valence-corrected chi connectivity index (χ4v) is 2.62. The molecule has 0 fully saturated rings. The van der Waals surface area contributed by atoms with Gasteiger partial charge in [-0.3, -0.25) is 4.79 Å². The number of carboxylic acid groups (broad SMARTS) is 1. The molecule has 0 saturated carbocycles.